The molecule has 2 N–H and O–H groups in total. The molecule has 6 nitrogen and oxygen atoms in total. The van der Waals surface area contributed by atoms with Gasteiger partial charge in [0.15, 0.2) is 5.82 Å². The van der Waals surface area contributed by atoms with Crippen LogP contribution < -0.4 is 10.6 Å². The summed E-state index contributed by atoms with van der Waals surface area (Å²) in [6.07, 6.45) is 0.688. The van der Waals surface area contributed by atoms with Crippen molar-refractivity contribution in [2.45, 2.75) is 59.4 Å². The van der Waals surface area contributed by atoms with Crippen LogP contribution in [0.3, 0.4) is 0 Å². The zero-order valence-electron chi connectivity index (χ0n) is 18.5. The van der Waals surface area contributed by atoms with E-state index in [0.29, 0.717) is 30.2 Å². The lowest BCUT2D eigenvalue weighted by Gasteiger charge is -2.19. The van der Waals surface area contributed by atoms with Crippen LogP contribution in [-0.2, 0) is 22.1 Å². The van der Waals surface area contributed by atoms with E-state index in [4.69, 9.17) is 0 Å². The van der Waals surface area contributed by atoms with Crippen molar-refractivity contribution in [1.82, 2.24) is 15.1 Å². The van der Waals surface area contributed by atoms with E-state index in [1.165, 1.54) is 19.1 Å². The molecule has 1 aliphatic heterocycles. The minimum Gasteiger partial charge on any atom is -0.355 e. The first kappa shape index (κ1) is 22.9. The van der Waals surface area contributed by atoms with Crippen LogP contribution in [0, 0.1) is 11.3 Å². The number of amides is 2. The van der Waals surface area contributed by atoms with Gasteiger partial charge < -0.3 is 10.6 Å². The highest BCUT2D eigenvalue weighted by Crippen LogP contribution is 2.34. The normalized spacial score (nSPS) is 17.0. The third-order valence-corrected chi connectivity index (χ3v) is 5.48. The highest BCUT2D eigenvalue weighted by molar-refractivity contribution is 5.96. The van der Waals surface area contributed by atoms with E-state index < -0.39 is 11.8 Å². The van der Waals surface area contributed by atoms with E-state index in [0.717, 1.165) is 6.42 Å². The molecule has 2 amide bonds. The number of hydrogen-bond donors (Lipinski definition) is 2. The van der Waals surface area contributed by atoms with Gasteiger partial charge in [0, 0.05) is 43.1 Å². The number of nitrogens with zero attached hydrogens (tertiary/aromatic N) is 2. The number of aryl methyl sites for hydroxylation is 1. The van der Waals surface area contributed by atoms with Gasteiger partial charge in [-0.15, -0.1) is 0 Å². The molecule has 8 heteroatoms. The Kier molecular flexibility index (Phi) is 6.48. The average molecular weight is 433 g/mol. The first-order chi connectivity index (χ1) is 14.5. The summed E-state index contributed by atoms with van der Waals surface area (Å²) in [6, 6.07) is 8.00. The van der Waals surface area contributed by atoms with Gasteiger partial charge in [-0.1, -0.05) is 45.9 Å². The number of carbonyl (C=O) groups is 2. The van der Waals surface area contributed by atoms with Gasteiger partial charge in [-0.3, -0.25) is 14.3 Å². The van der Waals surface area contributed by atoms with Gasteiger partial charge in [0.2, 0.25) is 11.8 Å². The van der Waals surface area contributed by atoms with Crippen LogP contribution in [0.15, 0.2) is 30.3 Å². The van der Waals surface area contributed by atoms with E-state index in [9.17, 15) is 18.4 Å². The van der Waals surface area contributed by atoms with Gasteiger partial charge in [0.25, 0.3) is 5.92 Å². The van der Waals surface area contributed by atoms with Crippen molar-refractivity contribution in [3.8, 4) is 11.3 Å². The molecule has 0 unspecified atom stereocenters. The van der Waals surface area contributed by atoms with E-state index in [1.54, 1.807) is 22.9 Å². The van der Waals surface area contributed by atoms with Crippen LogP contribution in [0.25, 0.3) is 11.3 Å². The lowest BCUT2D eigenvalue weighted by molar-refractivity contribution is -0.123. The van der Waals surface area contributed by atoms with Gasteiger partial charge in [-0.2, -0.15) is 5.10 Å². The number of alkyl halides is 2. The molecule has 1 aromatic heterocycles. The van der Waals surface area contributed by atoms with Crippen LogP contribution in [0.4, 0.5) is 14.6 Å². The van der Waals surface area contributed by atoms with E-state index in [-0.39, 0.29) is 35.6 Å². The molecule has 1 saturated heterocycles. The van der Waals surface area contributed by atoms with Crippen LogP contribution in [-0.4, -0.2) is 28.1 Å². The molecule has 31 heavy (non-hydrogen) atoms. The van der Waals surface area contributed by atoms with Crippen molar-refractivity contribution in [2.75, 3.05) is 11.9 Å². The molecule has 2 aromatic rings. The summed E-state index contributed by atoms with van der Waals surface area (Å²) in [5.74, 6) is -3.43. The largest absolute Gasteiger partial charge is 0.355 e. The SMILES string of the molecule is CCC(F)(F)c1cccc(-c2cc(NC(=O)[C@H]3CNC(=O)C3)nn2CCC(C)(C)C)c1. The lowest BCUT2D eigenvalue weighted by Crippen LogP contribution is -2.25. The summed E-state index contributed by atoms with van der Waals surface area (Å²) in [5.41, 5.74) is 1.29. The molecule has 1 atom stereocenters. The molecule has 0 aliphatic carbocycles. The maximum absolute atomic E-state index is 14.3. The fraction of sp³-hybridized carbons (Fsp3) is 0.522. The van der Waals surface area contributed by atoms with Gasteiger partial charge in [0.05, 0.1) is 11.6 Å². The molecule has 0 spiro atoms. The zero-order valence-corrected chi connectivity index (χ0v) is 18.5. The number of hydrogen-bond acceptors (Lipinski definition) is 3. The second kappa shape index (κ2) is 8.77. The number of carbonyl (C=O) groups excluding carboxylic acids is 2. The minimum atomic E-state index is -2.91. The van der Waals surface area contributed by atoms with Gasteiger partial charge in [-0.25, -0.2) is 8.78 Å². The second-order valence-electron chi connectivity index (χ2n) is 9.28. The maximum atomic E-state index is 14.3. The lowest BCUT2D eigenvalue weighted by atomic mass is 9.92. The first-order valence-electron chi connectivity index (χ1n) is 10.6. The standard InChI is InChI=1S/C23H30F2N4O2/c1-5-23(24,25)17-8-6-7-15(11-17)18-13-19(28-29(18)10-9-22(2,3)4)27-21(31)16-12-20(30)26-14-16/h6-8,11,13,16H,5,9-10,12,14H2,1-4H3,(H,26,30)(H,27,28,31)/t16-/m1/s1. The number of halogens is 2. The summed E-state index contributed by atoms with van der Waals surface area (Å²) in [6.45, 7) is 8.68. The first-order valence-corrected chi connectivity index (χ1v) is 10.6. The Labute approximate surface area is 181 Å². The van der Waals surface area contributed by atoms with Crippen LogP contribution in [0.1, 0.15) is 52.5 Å². The highest BCUT2D eigenvalue weighted by atomic mass is 19.3. The number of anilines is 1. The van der Waals surface area contributed by atoms with E-state index in [1.807, 2.05) is 0 Å². The molecule has 3 rings (SSSR count). The van der Waals surface area contributed by atoms with Gasteiger partial charge >= 0.3 is 0 Å². The quantitative estimate of drug-likeness (QED) is 0.673. The Morgan fingerprint density at radius 1 is 1.29 bits per heavy atom. The van der Waals surface area contributed by atoms with E-state index >= 15 is 0 Å². The van der Waals surface area contributed by atoms with E-state index in [2.05, 4.69) is 36.5 Å². The minimum absolute atomic E-state index is 0.0443. The van der Waals surface area contributed by atoms with Crippen molar-refractivity contribution < 1.29 is 18.4 Å². The Balaban J connectivity index is 1.91. The number of aromatic nitrogens is 2. The second-order valence-corrected chi connectivity index (χ2v) is 9.28. The Hall–Kier alpha value is -2.77. The number of rotatable bonds is 7. The van der Waals surface area contributed by atoms with Gasteiger partial charge in [0.1, 0.15) is 0 Å². The van der Waals surface area contributed by atoms with Crippen molar-refractivity contribution in [2.24, 2.45) is 11.3 Å². The van der Waals surface area contributed by atoms with Crippen LogP contribution in [0.2, 0.25) is 0 Å². The Morgan fingerprint density at radius 3 is 2.65 bits per heavy atom. The highest BCUT2D eigenvalue weighted by Gasteiger charge is 2.30. The molecular formula is C23H30F2N4O2. The summed E-state index contributed by atoms with van der Waals surface area (Å²) in [7, 11) is 0. The smallest absolute Gasteiger partial charge is 0.273 e. The van der Waals surface area contributed by atoms with Crippen molar-refractivity contribution in [3.63, 3.8) is 0 Å². The average Bonchev–Trinajstić information content (AvgIpc) is 3.32. The third-order valence-electron chi connectivity index (χ3n) is 5.48. The van der Waals surface area contributed by atoms with Crippen molar-refractivity contribution >= 4 is 17.6 Å². The van der Waals surface area contributed by atoms with Gasteiger partial charge in [-0.05, 0) is 17.9 Å². The van der Waals surface area contributed by atoms with Crippen LogP contribution >= 0.6 is 0 Å². The van der Waals surface area contributed by atoms with Crippen LogP contribution in [0.5, 0.6) is 0 Å². The zero-order chi connectivity index (χ0) is 22.8. The summed E-state index contributed by atoms with van der Waals surface area (Å²) in [4.78, 5) is 23.9. The fourth-order valence-corrected chi connectivity index (χ4v) is 3.45. The molecule has 0 saturated carbocycles. The third kappa shape index (κ3) is 5.68. The predicted octanol–water partition coefficient (Wildman–Crippen LogP) is 4.56. The molecule has 0 bridgehead atoms. The Bertz CT molecular complexity index is 963. The monoisotopic (exact) mass is 432 g/mol. The fourth-order valence-electron chi connectivity index (χ4n) is 3.45. The molecular weight excluding hydrogens is 402 g/mol. The summed E-state index contributed by atoms with van der Waals surface area (Å²) in [5, 5.41) is 9.95. The Morgan fingerprint density at radius 2 is 2.03 bits per heavy atom. The topological polar surface area (TPSA) is 76.0 Å². The van der Waals surface area contributed by atoms with Crippen molar-refractivity contribution in [3.05, 3.63) is 35.9 Å². The molecule has 1 aliphatic rings. The molecule has 1 fully saturated rings. The molecule has 2 heterocycles. The number of benzene rings is 1. The molecule has 168 valence electrons. The number of nitrogens with one attached hydrogen (secondary N) is 2. The van der Waals surface area contributed by atoms with Crippen molar-refractivity contribution in [1.29, 1.82) is 0 Å². The molecule has 1 aromatic carbocycles. The predicted molar refractivity (Wildman–Crippen MR) is 116 cm³/mol. The molecule has 0 radical (unpaired) electrons. The summed E-state index contributed by atoms with van der Waals surface area (Å²) < 4.78 is 30.3. The summed E-state index contributed by atoms with van der Waals surface area (Å²) >= 11 is 0. The maximum Gasteiger partial charge on any atom is 0.273 e.